The number of aromatic nitrogens is 6. The number of H-pyrrole nitrogens is 1. The van der Waals surface area contributed by atoms with E-state index in [1.165, 1.54) is 18.2 Å². The molecule has 37 heavy (non-hydrogen) atoms. The predicted molar refractivity (Wildman–Crippen MR) is 128 cm³/mol. The van der Waals surface area contributed by atoms with Crippen LogP contribution in [0.15, 0.2) is 42.5 Å². The zero-order chi connectivity index (χ0) is 25.6. The first-order valence-corrected chi connectivity index (χ1v) is 12.3. The monoisotopic (exact) mass is 502 g/mol. The second kappa shape index (κ2) is 7.45. The van der Waals surface area contributed by atoms with Crippen molar-refractivity contribution >= 4 is 0 Å². The number of aliphatic hydroxyl groups is 1. The molecule has 0 amide bonds. The van der Waals surface area contributed by atoms with E-state index < -0.39 is 22.7 Å². The van der Waals surface area contributed by atoms with Crippen molar-refractivity contribution in [2.24, 2.45) is 5.41 Å². The van der Waals surface area contributed by atoms with Crippen molar-refractivity contribution < 1.29 is 18.6 Å². The molecule has 0 unspecified atom stereocenters. The minimum absolute atomic E-state index is 0.141. The first kappa shape index (κ1) is 22.6. The van der Waals surface area contributed by atoms with Crippen LogP contribution in [0.2, 0.25) is 0 Å². The number of rotatable bonds is 4. The van der Waals surface area contributed by atoms with E-state index in [1.807, 2.05) is 18.2 Å². The molecule has 1 aliphatic heterocycles. The first-order chi connectivity index (χ1) is 17.7. The number of hydrogen-bond acceptors (Lipinski definition) is 7. The average molecular weight is 503 g/mol. The fourth-order valence-electron chi connectivity index (χ4n) is 6.57. The van der Waals surface area contributed by atoms with Gasteiger partial charge in [-0.15, -0.1) is 5.10 Å². The largest absolute Gasteiger partial charge is 0.377 e. The Kier molecular flexibility index (Phi) is 4.54. The molecule has 2 atom stereocenters. The summed E-state index contributed by atoms with van der Waals surface area (Å²) in [5.74, 6) is -0.446. The highest BCUT2D eigenvalue weighted by Gasteiger charge is 2.65. The lowest BCUT2D eigenvalue weighted by molar-refractivity contribution is -0.189. The Balaban J connectivity index is 1.33. The van der Waals surface area contributed by atoms with Crippen LogP contribution in [-0.4, -0.2) is 48.7 Å². The summed E-state index contributed by atoms with van der Waals surface area (Å²) in [5, 5.41) is 26.5. The predicted octanol–water partition coefficient (Wildman–Crippen LogP) is 4.02. The summed E-state index contributed by atoms with van der Waals surface area (Å²) in [7, 11) is 0. The van der Waals surface area contributed by atoms with Gasteiger partial charge >= 0.3 is 0 Å². The molecule has 10 heteroatoms. The van der Waals surface area contributed by atoms with E-state index in [2.05, 4.69) is 39.2 Å². The summed E-state index contributed by atoms with van der Waals surface area (Å²) < 4.78 is 34.2. The van der Waals surface area contributed by atoms with Crippen molar-refractivity contribution in [1.82, 2.24) is 30.4 Å². The van der Waals surface area contributed by atoms with Crippen LogP contribution in [0.4, 0.5) is 8.78 Å². The summed E-state index contributed by atoms with van der Waals surface area (Å²) in [6.07, 6.45) is 1.73. The first-order valence-electron chi connectivity index (χ1n) is 12.3. The maximum absolute atomic E-state index is 14.5. The van der Waals surface area contributed by atoms with Crippen LogP contribution in [0.25, 0.3) is 22.8 Å². The smallest absolute Gasteiger partial charge is 0.187 e. The molecule has 2 N–H and O–H groups in total. The minimum Gasteiger partial charge on any atom is -0.377 e. The summed E-state index contributed by atoms with van der Waals surface area (Å²) in [6.45, 7) is 4.71. The number of nitrogens with one attached hydrogen (secondary N) is 1. The molecular weight excluding hydrogens is 478 g/mol. The van der Waals surface area contributed by atoms with Gasteiger partial charge in [-0.3, -0.25) is 5.10 Å². The highest BCUT2D eigenvalue weighted by Crippen LogP contribution is 2.69. The number of pyridine rings is 1. The number of aromatic amines is 1. The number of halogens is 2. The van der Waals surface area contributed by atoms with Crippen molar-refractivity contribution in [1.29, 1.82) is 0 Å². The quantitative estimate of drug-likeness (QED) is 0.434. The third-order valence-electron chi connectivity index (χ3n) is 8.61. The Hall–Kier alpha value is -3.63. The second-order valence-corrected chi connectivity index (χ2v) is 10.8. The molecule has 2 fully saturated rings. The van der Waals surface area contributed by atoms with E-state index in [4.69, 9.17) is 9.72 Å². The van der Waals surface area contributed by atoms with Crippen molar-refractivity contribution in [3.05, 3.63) is 76.9 Å². The summed E-state index contributed by atoms with van der Waals surface area (Å²) in [4.78, 5) is 9.49. The summed E-state index contributed by atoms with van der Waals surface area (Å²) in [5.41, 5.74) is 1.27. The van der Waals surface area contributed by atoms with E-state index in [9.17, 15) is 13.9 Å². The van der Waals surface area contributed by atoms with Crippen molar-refractivity contribution in [3.63, 3.8) is 0 Å². The Morgan fingerprint density at radius 3 is 2.49 bits per heavy atom. The van der Waals surface area contributed by atoms with Gasteiger partial charge in [0.25, 0.3) is 0 Å². The van der Waals surface area contributed by atoms with E-state index in [0.717, 1.165) is 29.8 Å². The van der Waals surface area contributed by atoms with Crippen LogP contribution < -0.4 is 0 Å². The molecule has 188 valence electrons. The van der Waals surface area contributed by atoms with Crippen LogP contribution in [0.1, 0.15) is 55.4 Å². The Morgan fingerprint density at radius 1 is 1.00 bits per heavy atom. The second-order valence-electron chi connectivity index (χ2n) is 10.8. The molecular formula is C27H24F2N6O2. The van der Waals surface area contributed by atoms with E-state index in [1.54, 1.807) is 6.07 Å². The molecule has 0 spiro atoms. The molecule has 3 aliphatic rings. The molecule has 1 aromatic carbocycles. The molecule has 8 nitrogen and oxygen atoms in total. The molecule has 4 heterocycles. The van der Waals surface area contributed by atoms with Crippen LogP contribution in [0.3, 0.4) is 0 Å². The van der Waals surface area contributed by atoms with Crippen LogP contribution in [0, 0.1) is 17.0 Å². The van der Waals surface area contributed by atoms with Crippen LogP contribution >= 0.6 is 0 Å². The van der Waals surface area contributed by atoms with Gasteiger partial charge in [0.1, 0.15) is 17.3 Å². The zero-order valence-corrected chi connectivity index (χ0v) is 20.3. The fraction of sp³-hybridized carbons (Fsp3) is 0.370. The molecule has 1 saturated carbocycles. The highest BCUT2D eigenvalue weighted by atomic mass is 19.1. The van der Waals surface area contributed by atoms with Gasteiger partial charge < -0.3 is 9.84 Å². The van der Waals surface area contributed by atoms with Crippen molar-refractivity contribution in [3.8, 4) is 22.8 Å². The molecule has 2 aliphatic carbocycles. The third kappa shape index (κ3) is 2.91. The van der Waals surface area contributed by atoms with Gasteiger partial charge in [0.05, 0.1) is 41.3 Å². The lowest BCUT2D eigenvalue weighted by Gasteiger charge is -2.37. The van der Waals surface area contributed by atoms with Gasteiger partial charge in [0.15, 0.2) is 17.2 Å². The van der Waals surface area contributed by atoms with Gasteiger partial charge in [-0.25, -0.2) is 18.7 Å². The minimum atomic E-state index is -1.18. The number of benzene rings is 1. The van der Waals surface area contributed by atoms with Crippen molar-refractivity contribution in [2.45, 2.75) is 43.6 Å². The van der Waals surface area contributed by atoms with Gasteiger partial charge in [-0.1, -0.05) is 26.0 Å². The average Bonchev–Trinajstić information content (AvgIpc) is 3.51. The number of ether oxygens (including phenoxy) is 1. The van der Waals surface area contributed by atoms with Gasteiger partial charge in [-0.2, -0.15) is 10.2 Å². The molecule has 2 bridgehead atoms. The van der Waals surface area contributed by atoms with Gasteiger partial charge in [-0.05, 0) is 60.1 Å². The topological polar surface area (TPSA) is 110 Å². The molecule has 4 aromatic rings. The van der Waals surface area contributed by atoms with E-state index in [-0.39, 0.29) is 41.6 Å². The van der Waals surface area contributed by atoms with Crippen molar-refractivity contribution in [2.75, 3.05) is 13.2 Å². The van der Waals surface area contributed by atoms with Crippen LogP contribution in [-0.2, 0) is 15.8 Å². The number of hydrogen-bond donors (Lipinski definition) is 2. The third-order valence-corrected chi connectivity index (χ3v) is 8.61. The van der Waals surface area contributed by atoms with E-state index >= 15 is 0 Å². The van der Waals surface area contributed by atoms with Crippen LogP contribution in [0.5, 0.6) is 0 Å². The lowest BCUT2D eigenvalue weighted by atomic mass is 9.66. The Labute approximate surface area is 211 Å². The Morgan fingerprint density at radius 2 is 1.76 bits per heavy atom. The molecule has 7 rings (SSSR count). The lowest BCUT2D eigenvalue weighted by Crippen LogP contribution is -2.47. The van der Waals surface area contributed by atoms with Gasteiger partial charge in [0.2, 0.25) is 0 Å². The SMILES string of the molecule is CC1(C)[C@H]2CC[C@@]1(c1cccc(-c3nc(C4(O)COC4)n[nH]3)n1)c1nnc(-c3c(F)cccc3F)cc12. The highest BCUT2D eigenvalue weighted by molar-refractivity contribution is 5.64. The Bertz CT molecular complexity index is 1550. The molecule has 0 radical (unpaired) electrons. The fourth-order valence-corrected chi connectivity index (χ4v) is 6.57. The maximum atomic E-state index is 14.5. The number of nitrogens with zero attached hydrogens (tertiary/aromatic N) is 5. The van der Waals surface area contributed by atoms with Gasteiger partial charge in [0, 0.05) is 0 Å². The zero-order valence-electron chi connectivity index (χ0n) is 20.3. The van der Waals surface area contributed by atoms with E-state index in [0.29, 0.717) is 11.5 Å². The summed E-state index contributed by atoms with van der Waals surface area (Å²) >= 11 is 0. The number of fused-ring (bicyclic) bond motifs is 5. The molecule has 3 aromatic heterocycles. The maximum Gasteiger partial charge on any atom is 0.187 e. The normalized spacial score (nSPS) is 24.6. The summed E-state index contributed by atoms with van der Waals surface area (Å²) in [6, 6.07) is 11.3. The molecule has 1 saturated heterocycles. The standard InChI is InChI=1S/C27H24F2N6O2/c1-25(2)15-9-10-27(25,22-14(15)11-19(32-33-22)21-16(28)5-3-6-17(21)29)20-8-4-7-18(30-20)23-31-24(35-34-23)26(36)12-37-13-26/h3-8,11,15,36H,9-10,12-13H2,1-2H3,(H,31,34,35)/t15-,27+/m0/s1.